The summed E-state index contributed by atoms with van der Waals surface area (Å²) in [6.45, 7) is 4.35. The molecule has 0 aromatic rings. The van der Waals surface area contributed by atoms with Crippen LogP contribution in [0.5, 0.6) is 0 Å². The maximum Gasteiger partial charge on any atom is 0.0779 e. The van der Waals surface area contributed by atoms with Gasteiger partial charge in [0, 0.05) is 10.7 Å². The van der Waals surface area contributed by atoms with Crippen molar-refractivity contribution in [3.63, 3.8) is 0 Å². The molecule has 1 unspecified atom stereocenters. The Morgan fingerprint density at radius 2 is 2.56 bits per heavy atom. The van der Waals surface area contributed by atoms with Crippen molar-refractivity contribution in [2.75, 3.05) is 6.58 Å². The molecule has 1 fully saturated rings. The van der Waals surface area contributed by atoms with Crippen molar-refractivity contribution in [1.82, 2.24) is 0 Å². The molecule has 1 rings (SSSR count). The lowest BCUT2D eigenvalue weighted by Crippen LogP contribution is -2.19. The minimum Gasteiger partial charge on any atom is -0.374 e. The van der Waals surface area contributed by atoms with Gasteiger partial charge in [-0.25, -0.2) is 0 Å². The zero-order chi connectivity index (χ0) is 10.2. The van der Waals surface area contributed by atoms with Crippen molar-refractivity contribution in [3.05, 3.63) is 12.2 Å². The molecule has 1 nitrogen and oxygen atoms in total. The van der Waals surface area contributed by atoms with Crippen LogP contribution in [0.25, 0.3) is 0 Å². The van der Waals surface area contributed by atoms with Gasteiger partial charge in [0.15, 0.2) is 0 Å². The first-order chi connectivity index (χ1) is 5.95. The maximum atomic E-state index is 7.61. The van der Waals surface area contributed by atoms with Crippen LogP contribution in [0.3, 0.4) is 0 Å². The van der Waals surface area contributed by atoms with Crippen molar-refractivity contribution < 1.29 is 10.2 Å². The summed E-state index contributed by atoms with van der Waals surface area (Å²) in [5, 5.41) is 0. The van der Waals surface area contributed by atoms with E-state index in [1.54, 1.807) is 6.92 Å². The second kappa shape index (κ2) is 3.02. The zero-order valence-corrected chi connectivity index (χ0v) is 5.50. The van der Waals surface area contributed by atoms with Gasteiger partial charge in [-0.15, -0.1) is 0 Å². The summed E-state index contributed by atoms with van der Waals surface area (Å²) in [7, 11) is 0. The number of rotatable bonds is 1. The molecule has 0 aromatic heterocycles. The molecule has 0 spiro atoms. The fourth-order valence-corrected chi connectivity index (χ4v) is 0.666. The lowest BCUT2D eigenvalue weighted by Gasteiger charge is -2.22. The van der Waals surface area contributed by atoms with Crippen molar-refractivity contribution >= 4 is 0 Å². The lowest BCUT2D eigenvalue weighted by molar-refractivity contribution is 0.0396. The Morgan fingerprint density at radius 3 is 3.22 bits per heavy atom. The Hall–Kier alpha value is -0.300. The fourth-order valence-electron chi connectivity index (χ4n) is 0.666. The Balaban J connectivity index is 2.76. The average molecular weight is 130 g/mol. The van der Waals surface area contributed by atoms with E-state index in [-0.39, 0.29) is 0 Å². The van der Waals surface area contributed by atoms with Crippen molar-refractivity contribution in [3.8, 4) is 0 Å². The van der Waals surface area contributed by atoms with Gasteiger partial charge in [0.1, 0.15) is 0 Å². The highest BCUT2D eigenvalue weighted by Crippen LogP contribution is 2.17. The van der Waals surface area contributed by atoms with E-state index in [4.69, 9.17) is 10.2 Å². The van der Waals surface area contributed by atoms with E-state index < -0.39 is 31.9 Å². The standard InChI is InChI=1S/C8H14O/c1-7(2)8-5-3-4-6-9-8/h8H,1,3-6H2,2H3/t8-/m0/s1/i3D,4D,5D,6D/t3-,4+,5-,6?,8+/m1. The third kappa shape index (κ3) is 1.83. The lowest BCUT2D eigenvalue weighted by atomic mass is 10.0. The van der Waals surface area contributed by atoms with Gasteiger partial charge in [0.05, 0.1) is 7.47 Å². The Morgan fingerprint density at radius 1 is 1.78 bits per heavy atom. The summed E-state index contributed by atoms with van der Waals surface area (Å²) in [4.78, 5) is 0. The molecule has 1 heterocycles. The third-order valence-electron chi connectivity index (χ3n) is 1.19. The highest BCUT2D eigenvalue weighted by Gasteiger charge is 2.12. The van der Waals surface area contributed by atoms with E-state index in [2.05, 4.69) is 6.58 Å². The van der Waals surface area contributed by atoms with Gasteiger partial charge in [-0.2, -0.15) is 0 Å². The van der Waals surface area contributed by atoms with Crippen LogP contribution in [0.15, 0.2) is 12.2 Å². The molecule has 9 heavy (non-hydrogen) atoms. The van der Waals surface area contributed by atoms with E-state index in [0.717, 1.165) is 0 Å². The smallest absolute Gasteiger partial charge is 0.0779 e. The molecule has 52 valence electrons. The third-order valence-corrected chi connectivity index (χ3v) is 1.19. The first kappa shape index (κ1) is 3.20. The number of ether oxygens (including phenoxy) is 1. The molecule has 0 amide bonds. The SMILES string of the molecule is [2H]C1O[C@H](C(=C)C)[C@H]([2H])[C@H]([2H])[C@@H]1[2H]. The molecule has 0 bridgehead atoms. The molecule has 5 atom stereocenters. The van der Waals surface area contributed by atoms with E-state index in [9.17, 15) is 0 Å². The van der Waals surface area contributed by atoms with Crippen molar-refractivity contribution in [2.45, 2.75) is 32.2 Å². The molecule has 0 aromatic carbocycles. The van der Waals surface area contributed by atoms with E-state index >= 15 is 0 Å². The van der Waals surface area contributed by atoms with Crippen molar-refractivity contribution in [1.29, 1.82) is 0 Å². The summed E-state index contributed by atoms with van der Waals surface area (Å²) in [5.74, 6) is 0. The predicted molar refractivity (Wildman–Crippen MR) is 38.4 cm³/mol. The number of hydrogen-bond acceptors (Lipinski definition) is 1. The topological polar surface area (TPSA) is 9.23 Å². The molecule has 0 saturated carbocycles. The number of hydrogen-bond donors (Lipinski definition) is 0. The Kier molecular flexibility index (Phi) is 1.07. The average Bonchev–Trinajstić information content (AvgIpc) is 2.07. The van der Waals surface area contributed by atoms with Gasteiger partial charge >= 0.3 is 0 Å². The summed E-state index contributed by atoms with van der Waals surface area (Å²) < 4.78 is 35.0. The summed E-state index contributed by atoms with van der Waals surface area (Å²) in [6, 6.07) is 0. The van der Waals surface area contributed by atoms with Gasteiger partial charge in [-0.3, -0.25) is 0 Å². The van der Waals surface area contributed by atoms with Crippen LogP contribution >= 0.6 is 0 Å². The minimum atomic E-state index is -1.02. The summed E-state index contributed by atoms with van der Waals surface area (Å²) >= 11 is 0. The van der Waals surface area contributed by atoms with Gasteiger partial charge in [0.25, 0.3) is 0 Å². The molecule has 0 aliphatic carbocycles. The largest absolute Gasteiger partial charge is 0.374 e. The Labute approximate surface area is 62.3 Å². The van der Waals surface area contributed by atoms with Crippen LogP contribution in [0.1, 0.15) is 31.6 Å². The highest BCUT2D eigenvalue weighted by atomic mass is 16.5. The van der Waals surface area contributed by atoms with Crippen LogP contribution in [-0.4, -0.2) is 12.7 Å². The minimum absolute atomic E-state index is 0.563. The second-order valence-corrected chi connectivity index (χ2v) is 2.12. The molecular formula is C8H14O. The van der Waals surface area contributed by atoms with Crippen LogP contribution < -0.4 is 0 Å². The van der Waals surface area contributed by atoms with E-state index in [1.807, 2.05) is 0 Å². The molecular weight excluding hydrogens is 112 g/mol. The van der Waals surface area contributed by atoms with Crippen LogP contribution in [-0.2, 0) is 4.74 Å². The van der Waals surface area contributed by atoms with Gasteiger partial charge in [0.2, 0.25) is 0 Å². The van der Waals surface area contributed by atoms with E-state index in [0.29, 0.717) is 5.57 Å². The van der Waals surface area contributed by atoms with Crippen LogP contribution in [0.4, 0.5) is 0 Å². The van der Waals surface area contributed by atoms with Crippen molar-refractivity contribution in [2.24, 2.45) is 0 Å². The zero-order valence-electron chi connectivity index (χ0n) is 9.50. The maximum absolute atomic E-state index is 7.61. The fraction of sp³-hybridized carbons (Fsp3) is 0.750. The van der Waals surface area contributed by atoms with Gasteiger partial charge in [-0.05, 0) is 26.1 Å². The summed E-state index contributed by atoms with van der Waals surface area (Å²) in [5.41, 5.74) is 0.654. The second-order valence-electron chi connectivity index (χ2n) is 2.12. The molecule has 0 N–H and O–H groups in total. The molecule has 1 aliphatic heterocycles. The molecule has 1 heteroatoms. The predicted octanol–water partition coefficient (Wildman–Crippen LogP) is 2.13. The first-order valence-electron chi connectivity index (χ1n) is 5.26. The quantitative estimate of drug-likeness (QED) is 0.494. The first-order valence-corrected chi connectivity index (χ1v) is 2.95. The van der Waals surface area contributed by atoms with Gasteiger partial charge < -0.3 is 4.74 Å². The molecule has 1 saturated heterocycles. The van der Waals surface area contributed by atoms with Crippen LogP contribution in [0.2, 0.25) is 0 Å². The monoisotopic (exact) mass is 130 g/mol. The molecule has 1 aliphatic rings. The molecule has 0 radical (unpaired) electrons. The van der Waals surface area contributed by atoms with E-state index in [1.165, 1.54) is 0 Å². The summed E-state index contributed by atoms with van der Waals surface area (Å²) in [6.07, 6.45) is -3.18. The highest BCUT2D eigenvalue weighted by molar-refractivity contribution is 4.98. The van der Waals surface area contributed by atoms with Gasteiger partial charge in [-0.1, -0.05) is 12.2 Å². The normalized spacial score (nSPS) is 67.0. The van der Waals surface area contributed by atoms with Crippen LogP contribution in [0, 0.1) is 0 Å². The Bertz CT molecular complexity index is 208.